The number of carbonyl (C=O) groups excluding carboxylic acids is 1. The molecule has 3 nitrogen and oxygen atoms in total. The highest BCUT2D eigenvalue weighted by Gasteiger charge is 2.41. The van der Waals surface area contributed by atoms with Crippen LogP contribution in [0.2, 0.25) is 0 Å². The van der Waals surface area contributed by atoms with Crippen molar-refractivity contribution in [2.45, 2.75) is 38.6 Å². The van der Waals surface area contributed by atoms with E-state index in [9.17, 15) is 4.79 Å². The second kappa shape index (κ2) is 3.44. The summed E-state index contributed by atoms with van der Waals surface area (Å²) >= 11 is 0. The van der Waals surface area contributed by atoms with Gasteiger partial charge in [0.05, 0.1) is 5.54 Å². The van der Waals surface area contributed by atoms with Gasteiger partial charge in [-0.15, -0.1) is 0 Å². The first-order chi connectivity index (χ1) is 5.57. The predicted molar refractivity (Wildman–Crippen MR) is 48.6 cm³/mol. The van der Waals surface area contributed by atoms with Crippen LogP contribution in [0, 0.1) is 5.92 Å². The van der Waals surface area contributed by atoms with E-state index in [1.54, 1.807) is 0 Å². The molecule has 1 rings (SSSR count). The maximum absolute atomic E-state index is 11.1. The Morgan fingerprint density at radius 3 is 2.42 bits per heavy atom. The first kappa shape index (κ1) is 9.52. The van der Waals surface area contributed by atoms with E-state index < -0.39 is 0 Å². The maximum atomic E-state index is 11.1. The molecule has 3 heteroatoms. The molecular formula is C9H18N2O. The first-order valence-electron chi connectivity index (χ1n) is 4.62. The zero-order valence-electron chi connectivity index (χ0n) is 7.89. The molecule has 0 radical (unpaired) electrons. The molecule has 70 valence electrons. The van der Waals surface area contributed by atoms with Crippen LogP contribution in [0.15, 0.2) is 0 Å². The average molecular weight is 170 g/mol. The summed E-state index contributed by atoms with van der Waals surface area (Å²) in [5.74, 6) is 0.385. The second-order valence-electron chi connectivity index (χ2n) is 4.07. The molecule has 0 bridgehead atoms. The van der Waals surface area contributed by atoms with Crippen LogP contribution in [-0.2, 0) is 4.79 Å². The monoisotopic (exact) mass is 170 g/mol. The Morgan fingerprint density at radius 2 is 2.17 bits per heavy atom. The lowest BCUT2D eigenvalue weighted by Crippen LogP contribution is -2.60. The van der Waals surface area contributed by atoms with Crippen molar-refractivity contribution in [1.29, 1.82) is 0 Å². The van der Waals surface area contributed by atoms with E-state index >= 15 is 0 Å². The lowest BCUT2D eigenvalue weighted by Gasteiger charge is -2.40. The average Bonchev–Trinajstić information content (AvgIpc) is 1.83. The molecule has 0 aromatic rings. The van der Waals surface area contributed by atoms with Crippen LogP contribution in [0.4, 0.5) is 0 Å². The van der Waals surface area contributed by atoms with Gasteiger partial charge in [0.25, 0.3) is 0 Å². The number of nitrogens with two attached hydrogens (primary N) is 1. The van der Waals surface area contributed by atoms with E-state index in [4.69, 9.17) is 5.73 Å². The summed E-state index contributed by atoms with van der Waals surface area (Å²) in [6.45, 7) is 5.13. The Labute approximate surface area is 73.7 Å². The Balaban J connectivity index is 2.40. The Bertz CT molecular complexity index is 173. The van der Waals surface area contributed by atoms with Crippen molar-refractivity contribution in [3.8, 4) is 0 Å². The highest BCUT2D eigenvalue weighted by Crippen LogP contribution is 2.31. The minimum Gasteiger partial charge on any atom is -0.368 e. The molecule has 0 heterocycles. The molecule has 1 amide bonds. The van der Waals surface area contributed by atoms with Crippen molar-refractivity contribution < 1.29 is 4.79 Å². The number of amides is 1. The molecule has 12 heavy (non-hydrogen) atoms. The summed E-state index contributed by atoms with van der Waals surface area (Å²) in [6.07, 6.45) is 2.94. The van der Waals surface area contributed by atoms with Gasteiger partial charge < -0.3 is 11.1 Å². The molecule has 0 aromatic carbocycles. The Kier molecular flexibility index (Phi) is 2.73. The highest BCUT2D eigenvalue weighted by atomic mass is 16.1. The lowest BCUT2D eigenvalue weighted by molar-refractivity contribution is -0.127. The molecule has 0 aliphatic heterocycles. The number of nitrogens with one attached hydrogen (secondary N) is 1. The topological polar surface area (TPSA) is 55.1 Å². The number of primary amides is 1. The van der Waals surface area contributed by atoms with Gasteiger partial charge in [0.15, 0.2) is 0 Å². The van der Waals surface area contributed by atoms with Crippen molar-refractivity contribution in [2.24, 2.45) is 11.7 Å². The third-order valence-electron chi connectivity index (χ3n) is 2.53. The lowest BCUT2D eigenvalue weighted by atomic mass is 9.76. The number of hydrogen-bond donors (Lipinski definition) is 2. The van der Waals surface area contributed by atoms with Gasteiger partial charge in [-0.3, -0.25) is 4.79 Å². The van der Waals surface area contributed by atoms with Crippen molar-refractivity contribution in [3.05, 3.63) is 0 Å². The van der Waals surface area contributed by atoms with Crippen LogP contribution in [0.25, 0.3) is 0 Å². The molecule has 0 atom stereocenters. The number of rotatable bonds is 4. The highest BCUT2D eigenvalue weighted by molar-refractivity contribution is 5.85. The molecule has 0 spiro atoms. The van der Waals surface area contributed by atoms with Crippen molar-refractivity contribution in [2.75, 3.05) is 6.54 Å². The molecule has 0 saturated heterocycles. The maximum Gasteiger partial charge on any atom is 0.237 e. The van der Waals surface area contributed by atoms with E-state index in [0.29, 0.717) is 5.92 Å². The van der Waals surface area contributed by atoms with Crippen LogP contribution in [-0.4, -0.2) is 18.0 Å². The fourth-order valence-corrected chi connectivity index (χ4v) is 1.44. The van der Waals surface area contributed by atoms with Crippen molar-refractivity contribution in [1.82, 2.24) is 5.32 Å². The van der Waals surface area contributed by atoms with Crippen molar-refractivity contribution in [3.63, 3.8) is 0 Å². The van der Waals surface area contributed by atoms with Gasteiger partial charge in [-0.2, -0.15) is 0 Å². The van der Waals surface area contributed by atoms with Gasteiger partial charge in [0, 0.05) is 0 Å². The van der Waals surface area contributed by atoms with Crippen LogP contribution < -0.4 is 11.1 Å². The molecule has 1 fully saturated rings. The van der Waals surface area contributed by atoms with Gasteiger partial charge in [-0.05, 0) is 31.7 Å². The molecular weight excluding hydrogens is 152 g/mol. The fraction of sp³-hybridized carbons (Fsp3) is 0.889. The molecule has 0 aromatic heterocycles. The molecule has 1 aliphatic carbocycles. The summed E-state index contributed by atoms with van der Waals surface area (Å²) in [4.78, 5) is 11.1. The van der Waals surface area contributed by atoms with Crippen molar-refractivity contribution >= 4 is 5.91 Å². The fourth-order valence-electron chi connectivity index (χ4n) is 1.44. The SMILES string of the molecule is CC(C)CNC1(C(N)=O)CCC1. The van der Waals surface area contributed by atoms with Crippen LogP contribution in [0.5, 0.6) is 0 Å². The van der Waals surface area contributed by atoms with Crippen LogP contribution >= 0.6 is 0 Å². The largest absolute Gasteiger partial charge is 0.368 e. The molecule has 3 N–H and O–H groups in total. The molecule has 1 aliphatic rings. The van der Waals surface area contributed by atoms with E-state index in [1.807, 2.05) is 0 Å². The molecule has 1 saturated carbocycles. The van der Waals surface area contributed by atoms with Gasteiger partial charge in [-0.25, -0.2) is 0 Å². The number of hydrogen-bond acceptors (Lipinski definition) is 2. The summed E-state index contributed by atoms with van der Waals surface area (Å²) in [6, 6.07) is 0. The predicted octanol–water partition coefficient (Wildman–Crippen LogP) is 0.640. The standard InChI is InChI=1S/C9H18N2O/c1-7(2)6-11-9(8(10)12)4-3-5-9/h7,11H,3-6H2,1-2H3,(H2,10,12). The van der Waals surface area contributed by atoms with Gasteiger partial charge in [0.1, 0.15) is 0 Å². The summed E-state index contributed by atoms with van der Waals surface area (Å²) < 4.78 is 0. The van der Waals surface area contributed by atoms with Gasteiger partial charge in [-0.1, -0.05) is 13.8 Å². The van der Waals surface area contributed by atoms with Crippen LogP contribution in [0.3, 0.4) is 0 Å². The third kappa shape index (κ3) is 1.78. The van der Waals surface area contributed by atoms with Crippen LogP contribution in [0.1, 0.15) is 33.1 Å². The van der Waals surface area contributed by atoms with E-state index in [0.717, 1.165) is 25.8 Å². The van der Waals surface area contributed by atoms with Gasteiger partial charge >= 0.3 is 0 Å². The second-order valence-corrected chi connectivity index (χ2v) is 4.07. The summed E-state index contributed by atoms with van der Waals surface area (Å²) in [5, 5.41) is 3.26. The minimum atomic E-state index is -0.357. The van der Waals surface area contributed by atoms with E-state index in [-0.39, 0.29) is 11.4 Å². The minimum absolute atomic E-state index is 0.186. The zero-order chi connectivity index (χ0) is 9.19. The zero-order valence-corrected chi connectivity index (χ0v) is 7.89. The summed E-state index contributed by atoms with van der Waals surface area (Å²) in [7, 11) is 0. The van der Waals surface area contributed by atoms with E-state index in [2.05, 4.69) is 19.2 Å². The normalized spacial score (nSPS) is 20.6. The van der Waals surface area contributed by atoms with Gasteiger partial charge in [0.2, 0.25) is 5.91 Å². The smallest absolute Gasteiger partial charge is 0.237 e. The van der Waals surface area contributed by atoms with E-state index in [1.165, 1.54) is 0 Å². The summed E-state index contributed by atoms with van der Waals surface area (Å²) in [5.41, 5.74) is 4.96. The number of carbonyl (C=O) groups is 1. The molecule has 0 unspecified atom stereocenters. The first-order valence-corrected chi connectivity index (χ1v) is 4.62. The quantitative estimate of drug-likeness (QED) is 0.650. The Hall–Kier alpha value is -0.570. The third-order valence-corrected chi connectivity index (χ3v) is 2.53. The Morgan fingerprint density at radius 1 is 1.58 bits per heavy atom.